The average Bonchev–Trinajstić information content (AvgIpc) is 2.10. The van der Waals surface area contributed by atoms with E-state index in [-0.39, 0.29) is 19.3 Å². The van der Waals surface area contributed by atoms with Gasteiger partial charge in [-0.2, -0.15) is 0 Å². The van der Waals surface area contributed by atoms with Crippen LogP contribution < -0.4 is 0 Å². The van der Waals surface area contributed by atoms with E-state index < -0.39 is 6.10 Å². The average molecular weight is 190 g/mol. The molecule has 0 heterocycles. The first-order valence-corrected chi connectivity index (χ1v) is 4.27. The summed E-state index contributed by atoms with van der Waals surface area (Å²) in [7, 11) is 0. The molecule has 0 spiro atoms. The van der Waals surface area contributed by atoms with Gasteiger partial charge in [-0.3, -0.25) is 0 Å². The third-order valence-corrected chi connectivity index (χ3v) is 1.32. The van der Waals surface area contributed by atoms with Crippen LogP contribution in [0.25, 0.3) is 0 Å². The lowest BCUT2D eigenvalue weighted by atomic mass is 10.4. The van der Waals surface area contributed by atoms with Gasteiger partial charge in [-0.25, -0.2) is 0 Å². The molecule has 13 heavy (non-hydrogen) atoms. The van der Waals surface area contributed by atoms with E-state index in [2.05, 4.69) is 6.58 Å². The molecule has 78 valence electrons. The van der Waals surface area contributed by atoms with Gasteiger partial charge < -0.3 is 19.7 Å². The maximum absolute atomic E-state index is 8.90. The molecule has 0 aromatic heterocycles. The maximum Gasteiger partial charge on any atom is 0.114 e. The van der Waals surface area contributed by atoms with Crippen LogP contribution in [0.1, 0.15) is 13.8 Å². The predicted molar refractivity (Wildman–Crippen MR) is 49.3 cm³/mol. The van der Waals surface area contributed by atoms with Gasteiger partial charge in [-0.15, -0.1) is 0 Å². The third-order valence-electron chi connectivity index (χ3n) is 1.32. The molecule has 0 aromatic carbocycles. The van der Waals surface area contributed by atoms with Crippen molar-refractivity contribution in [1.29, 1.82) is 0 Å². The summed E-state index contributed by atoms with van der Waals surface area (Å²) in [6.45, 7) is 7.39. The monoisotopic (exact) mass is 190 g/mol. The number of ether oxygens (including phenoxy) is 2. The summed E-state index contributed by atoms with van der Waals surface area (Å²) >= 11 is 0. The fraction of sp³-hybridized carbons (Fsp3) is 0.778. The zero-order valence-electron chi connectivity index (χ0n) is 8.19. The number of hydrogen-bond acceptors (Lipinski definition) is 4. The molecular formula is C9H18O4. The van der Waals surface area contributed by atoms with Gasteiger partial charge >= 0.3 is 0 Å². The van der Waals surface area contributed by atoms with Gasteiger partial charge in [0.15, 0.2) is 0 Å². The standard InChI is InChI=1S/C9H18O4/c1-7(11)5-12-9(3)6-13-8(2)4-10/h7,9-11H,2,4-6H2,1,3H3. The quantitative estimate of drug-likeness (QED) is 0.567. The van der Waals surface area contributed by atoms with Crippen LogP contribution in [0.5, 0.6) is 0 Å². The van der Waals surface area contributed by atoms with Crippen LogP contribution in [0.2, 0.25) is 0 Å². The molecular weight excluding hydrogens is 172 g/mol. The van der Waals surface area contributed by atoms with E-state index in [9.17, 15) is 0 Å². The van der Waals surface area contributed by atoms with E-state index in [0.29, 0.717) is 12.4 Å². The SMILES string of the molecule is C=C(CO)OCC(C)OCC(C)O. The summed E-state index contributed by atoms with van der Waals surface area (Å²) in [4.78, 5) is 0. The Morgan fingerprint density at radius 2 is 2.00 bits per heavy atom. The Morgan fingerprint density at radius 1 is 1.38 bits per heavy atom. The highest BCUT2D eigenvalue weighted by Gasteiger charge is 2.05. The van der Waals surface area contributed by atoms with Crippen molar-refractivity contribution in [2.24, 2.45) is 0 Å². The van der Waals surface area contributed by atoms with Crippen molar-refractivity contribution in [3.05, 3.63) is 12.3 Å². The lowest BCUT2D eigenvalue weighted by Crippen LogP contribution is -2.21. The van der Waals surface area contributed by atoms with Gasteiger partial charge in [0.2, 0.25) is 0 Å². The molecule has 4 heteroatoms. The maximum atomic E-state index is 8.90. The predicted octanol–water partition coefficient (Wildman–Crippen LogP) is 0.295. The highest BCUT2D eigenvalue weighted by Crippen LogP contribution is 1.98. The summed E-state index contributed by atoms with van der Waals surface area (Å²) < 4.78 is 10.2. The minimum atomic E-state index is -0.469. The molecule has 2 atom stereocenters. The van der Waals surface area contributed by atoms with E-state index in [0.717, 1.165) is 0 Å². The van der Waals surface area contributed by atoms with E-state index in [1.54, 1.807) is 6.92 Å². The molecule has 0 amide bonds. The third kappa shape index (κ3) is 7.77. The van der Waals surface area contributed by atoms with E-state index >= 15 is 0 Å². The van der Waals surface area contributed by atoms with E-state index in [1.165, 1.54) is 0 Å². The Hall–Kier alpha value is -0.580. The molecule has 0 fully saturated rings. The lowest BCUT2D eigenvalue weighted by Gasteiger charge is -2.15. The first kappa shape index (κ1) is 12.4. The smallest absolute Gasteiger partial charge is 0.114 e. The van der Waals surface area contributed by atoms with Crippen LogP contribution in [0, 0.1) is 0 Å². The number of aliphatic hydroxyl groups is 2. The zero-order valence-corrected chi connectivity index (χ0v) is 8.19. The van der Waals surface area contributed by atoms with Gasteiger partial charge in [-0.1, -0.05) is 6.58 Å². The van der Waals surface area contributed by atoms with Crippen LogP contribution in [0.3, 0.4) is 0 Å². The van der Waals surface area contributed by atoms with Crippen molar-refractivity contribution in [3.63, 3.8) is 0 Å². The van der Waals surface area contributed by atoms with Crippen molar-refractivity contribution >= 4 is 0 Å². The Labute approximate surface area is 78.8 Å². The van der Waals surface area contributed by atoms with E-state index in [4.69, 9.17) is 19.7 Å². The van der Waals surface area contributed by atoms with Crippen LogP contribution >= 0.6 is 0 Å². The second kappa shape index (κ2) is 6.88. The van der Waals surface area contributed by atoms with Crippen LogP contribution in [-0.2, 0) is 9.47 Å². The normalized spacial score (nSPS) is 15.1. The van der Waals surface area contributed by atoms with Gasteiger partial charge in [0, 0.05) is 0 Å². The fourth-order valence-corrected chi connectivity index (χ4v) is 0.632. The molecule has 0 rings (SSSR count). The highest BCUT2D eigenvalue weighted by atomic mass is 16.5. The summed E-state index contributed by atoms with van der Waals surface area (Å²) in [5, 5.41) is 17.5. The largest absolute Gasteiger partial charge is 0.493 e. The zero-order chi connectivity index (χ0) is 10.3. The molecule has 4 nitrogen and oxygen atoms in total. The minimum absolute atomic E-state index is 0.113. The first-order valence-electron chi connectivity index (χ1n) is 4.27. The van der Waals surface area contributed by atoms with Crippen molar-refractivity contribution in [2.45, 2.75) is 26.1 Å². The Morgan fingerprint density at radius 3 is 2.46 bits per heavy atom. The summed E-state index contributed by atoms with van der Waals surface area (Å²) in [6, 6.07) is 0. The Balaban J connectivity index is 3.40. The number of rotatable bonds is 7. The molecule has 2 N–H and O–H groups in total. The molecule has 0 aliphatic carbocycles. The molecule has 2 unspecified atom stereocenters. The molecule has 0 aliphatic heterocycles. The van der Waals surface area contributed by atoms with Gasteiger partial charge in [0.25, 0.3) is 0 Å². The minimum Gasteiger partial charge on any atom is -0.493 e. The first-order chi connectivity index (χ1) is 6.06. The molecule has 0 bridgehead atoms. The number of aliphatic hydroxyl groups excluding tert-OH is 2. The lowest BCUT2D eigenvalue weighted by molar-refractivity contribution is -0.0269. The van der Waals surface area contributed by atoms with Crippen LogP contribution in [0.4, 0.5) is 0 Å². The van der Waals surface area contributed by atoms with Crippen molar-refractivity contribution in [2.75, 3.05) is 19.8 Å². The fourth-order valence-electron chi connectivity index (χ4n) is 0.632. The van der Waals surface area contributed by atoms with Crippen LogP contribution in [-0.4, -0.2) is 42.2 Å². The topological polar surface area (TPSA) is 58.9 Å². The molecule has 0 saturated carbocycles. The van der Waals surface area contributed by atoms with Crippen molar-refractivity contribution in [3.8, 4) is 0 Å². The summed E-state index contributed by atoms with van der Waals surface area (Å²) in [5.74, 6) is 0.326. The number of hydrogen-bond donors (Lipinski definition) is 2. The Kier molecular flexibility index (Phi) is 6.58. The molecule has 0 radical (unpaired) electrons. The molecule has 0 saturated heterocycles. The van der Waals surface area contributed by atoms with Crippen molar-refractivity contribution < 1.29 is 19.7 Å². The summed E-state index contributed by atoms with van der Waals surface area (Å²) in [6.07, 6.45) is -0.582. The molecule has 0 aromatic rings. The van der Waals surface area contributed by atoms with Crippen LogP contribution in [0.15, 0.2) is 12.3 Å². The molecule has 0 aliphatic rings. The van der Waals surface area contributed by atoms with Gasteiger partial charge in [0.1, 0.15) is 12.4 Å². The second-order valence-corrected chi connectivity index (χ2v) is 3.00. The second-order valence-electron chi connectivity index (χ2n) is 3.00. The van der Waals surface area contributed by atoms with Gasteiger partial charge in [0.05, 0.1) is 25.4 Å². The Bertz CT molecular complexity index is 145. The summed E-state index contributed by atoms with van der Waals surface area (Å²) in [5.41, 5.74) is 0. The highest BCUT2D eigenvalue weighted by molar-refractivity contribution is 4.80. The van der Waals surface area contributed by atoms with Gasteiger partial charge in [-0.05, 0) is 13.8 Å². The van der Waals surface area contributed by atoms with Crippen molar-refractivity contribution in [1.82, 2.24) is 0 Å². The van der Waals surface area contributed by atoms with E-state index in [1.807, 2.05) is 6.92 Å².